The van der Waals surface area contributed by atoms with Crippen molar-refractivity contribution in [3.05, 3.63) is 24.3 Å². The predicted molar refractivity (Wildman–Crippen MR) is 103 cm³/mol. The minimum Gasteiger partial charge on any atom is -0.494 e. The number of nitrogens with zero attached hydrogens (tertiary/aromatic N) is 2. The molecule has 2 heterocycles. The van der Waals surface area contributed by atoms with E-state index >= 15 is 0 Å². The third-order valence-corrected chi connectivity index (χ3v) is 7.14. The summed E-state index contributed by atoms with van der Waals surface area (Å²) in [7, 11) is -3.53. The molecule has 8 heteroatoms. The second kappa shape index (κ2) is 9.03. The number of hydrogen-bond donors (Lipinski definition) is 1. The summed E-state index contributed by atoms with van der Waals surface area (Å²) in [6, 6.07) is 6.53. The van der Waals surface area contributed by atoms with Gasteiger partial charge in [-0.05, 0) is 57.0 Å². The first kappa shape index (κ1) is 20.1. The highest BCUT2D eigenvalue weighted by molar-refractivity contribution is 7.89. The van der Waals surface area contributed by atoms with Crippen LogP contribution in [0, 0.1) is 5.92 Å². The summed E-state index contributed by atoms with van der Waals surface area (Å²) in [4.78, 5) is 15.0. The van der Waals surface area contributed by atoms with Crippen molar-refractivity contribution in [1.29, 1.82) is 0 Å². The van der Waals surface area contributed by atoms with Gasteiger partial charge in [-0.1, -0.05) is 0 Å². The summed E-state index contributed by atoms with van der Waals surface area (Å²) < 4.78 is 32.6. The maximum Gasteiger partial charge on any atom is 0.243 e. The predicted octanol–water partition coefficient (Wildman–Crippen LogP) is 1.31. The summed E-state index contributed by atoms with van der Waals surface area (Å²) in [6.07, 6.45) is 2.13. The molecule has 2 aliphatic heterocycles. The first-order valence-electron chi connectivity index (χ1n) is 9.75. The summed E-state index contributed by atoms with van der Waals surface area (Å²) in [5.74, 6) is 0.763. The van der Waals surface area contributed by atoms with Crippen molar-refractivity contribution >= 4 is 15.9 Å². The fourth-order valence-corrected chi connectivity index (χ4v) is 5.16. The van der Waals surface area contributed by atoms with Gasteiger partial charge in [0.25, 0.3) is 0 Å². The zero-order chi connectivity index (χ0) is 19.3. The zero-order valence-electron chi connectivity index (χ0n) is 15.9. The Labute approximate surface area is 161 Å². The van der Waals surface area contributed by atoms with Crippen molar-refractivity contribution in [3.63, 3.8) is 0 Å². The summed E-state index contributed by atoms with van der Waals surface area (Å²) in [5.41, 5.74) is 0. The number of carbonyl (C=O) groups is 1. The van der Waals surface area contributed by atoms with Gasteiger partial charge in [0.05, 0.1) is 11.5 Å². The Morgan fingerprint density at radius 3 is 2.48 bits per heavy atom. The van der Waals surface area contributed by atoms with Crippen LogP contribution in [-0.2, 0) is 14.8 Å². The Morgan fingerprint density at radius 1 is 1.11 bits per heavy atom. The van der Waals surface area contributed by atoms with E-state index in [2.05, 4.69) is 5.32 Å². The SMILES string of the molecule is CCOc1ccc(S(=O)(=O)N2CCC(C(=O)N3CCCNCC3)CC2)cc1. The number of piperidine rings is 1. The molecule has 2 fully saturated rings. The fraction of sp³-hybridized carbons (Fsp3) is 0.632. The van der Waals surface area contributed by atoms with Gasteiger partial charge in [-0.15, -0.1) is 0 Å². The molecule has 1 amide bonds. The molecule has 1 aromatic rings. The van der Waals surface area contributed by atoms with E-state index < -0.39 is 10.0 Å². The number of nitrogens with one attached hydrogen (secondary N) is 1. The molecule has 150 valence electrons. The molecule has 7 nitrogen and oxygen atoms in total. The highest BCUT2D eigenvalue weighted by Crippen LogP contribution is 2.26. The minimum absolute atomic E-state index is 0.0742. The molecule has 0 bridgehead atoms. The summed E-state index contributed by atoms with van der Waals surface area (Å²) in [5, 5.41) is 3.30. The van der Waals surface area contributed by atoms with Crippen LogP contribution < -0.4 is 10.1 Å². The molecular weight excluding hydrogens is 366 g/mol. The van der Waals surface area contributed by atoms with Gasteiger partial charge < -0.3 is 15.0 Å². The monoisotopic (exact) mass is 395 g/mol. The molecule has 0 spiro atoms. The van der Waals surface area contributed by atoms with Crippen LogP contribution in [0.3, 0.4) is 0 Å². The molecule has 2 saturated heterocycles. The van der Waals surface area contributed by atoms with Gasteiger partial charge in [-0.25, -0.2) is 8.42 Å². The number of ether oxygens (including phenoxy) is 1. The number of rotatable bonds is 5. The maximum absolute atomic E-state index is 12.9. The van der Waals surface area contributed by atoms with Crippen molar-refractivity contribution < 1.29 is 17.9 Å². The molecule has 0 atom stereocenters. The van der Waals surface area contributed by atoms with Crippen molar-refractivity contribution in [2.75, 3.05) is 45.9 Å². The minimum atomic E-state index is -3.53. The second-order valence-corrected chi connectivity index (χ2v) is 8.95. The van der Waals surface area contributed by atoms with E-state index in [0.29, 0.717) is 38.3 Å². The molecule has 1 aromatic carbocycles. The van der Waals surface area contributed by atoms with E-state index in [1.54, 1.807) is 24.3 Å². The molecule has 27 heavy (non-hydrogen) atoms. The Morgan fingerprint density at radius 2 is 1.81 bits per heavy atom. The zero-order valence-corrected chi connectivity index (χ0v) is 16.7. The smallest absolute Gasteiger partial charge is 0.243 e. The lowest BCUT2D eigenvalue weighted by atomic mass is 9.96. The molecule has 0 aliphatic carbocycles. The lowest BCUT2D eigenvalue weighted by Crippen LogP contribution is -2.45. The van der Waals surface area contributed by atoms with Crippen molar-refractivity contribution in [2.24, 2.45) is 5.92 Å². The van der Waals surface area contributed by atoms with Crippen LogP contribution in [0.2, 0.25) is 0 Å². The summed E-state index contributed by atoms with van der Waals surface area (Å²) in [6.45, 7) is 6.51. The van der Waals surface area contributed by atoms with Crippen LogP contribution in [0.5, 0.6) is 5.75 Å². The molecule has 0 unspecified atom stereocenters. The van der Waals surface area contributed by atoms with Crippen molar-refractivity contribution in [3.8, 4) is 5.75 Å². The fourth-order valence-electron chi connectivity index (χ4n) is 3.69. The third-order valence-electron chi connectivity index (χ3n) is 5.23. The topological polar surface area (TPSA) is 79.0 Å². The standard InChI is InChI=1S/C19H29N3O4S/c1-2-26-17-4-6-18(7-5-17)27(24,25)22-13-8-16(9-14-22)19(23)21-12-3-10-20-11-15-21/h4-7,16,20H,2-3,8-15H2,1H3. The highest BCUT2D eigenvalue weighted by Gasteiger charge is 2.33. The van der Waals surface area contributed by atoms with Crippen molar-refractivity contribution in [2.45, 2.75) is 31.1 Å². The van der Waals surface area contributed by atoms with E-state index in [1.165, 1.54) is 4.31 Å². The normalized spacial score (nSPS) is 20.3. The molecule has 0 aromatic heterocycles. The lowest BCUT2D eigenvalue weighted by molar-refractivity contribution is -0.136. The van der Waals surface area contributed by atoms with Crippen molar-refractivity contribution in [1.82, 2.24) is 14.5 Å². The van der Waals surface area contributed by atoms with Crippen LogP contribution in [0.25, 0.3) is 0 Å². The van der Waals surface area contributed by atoms with E-state index in [0.717, 1.165) is 32.6 Å². The molecule has 1 N–H and O–H groups in total. The van der Waals surface area contributed by atoms with Gasteiger partial charge in [0, 0.05) is 38.6 Å². The van der Waals surface area contributed by atoms with Crippen LogP contribution >= 0.6 is 0 Å². The first-order valence-corrected chi connectivity index (χ1v) is 11.2. The van der Waals surface area contributed by atoms with E-state index in [9.17, 15) is 13.2 Å². The Hall–Kier alpha value is -1.64. The van der Waals surface area contributed by atoms with E-state index in [4.69, 9.17) is 4.74 Å². The number of sulfonamides is 1. The maximum atomic E-state index is 12.9. The second-order valence-electron chi connectivity index (χ2n) is 7.01. The van der Waals surface area contributed by atoms with Crippen LogP contribution in [0.15, 0.2) is 29.2 Å². The Kier molecular flexibility index (Phi) is 6.73. The highest BCUT2D eigenvalue weighted by atomic mass is 32.2. The Bertz CT molecular complexity index is 720. The number of benzene rings is 1. The van der Waals surface area contributed by atoms with Crippen LogP contribution in [0.4, 0.5) is 0 Å². The molecular formula is C19H29N3O4S. The molecule has 0 saturated carbocycles. The average Bonchev–Trinajstić information content (AvgIpc) is 2.98. The molecule has 2 aliphatic rings. The number of hydrogen-bond acceptors (Lipinski definition) is 5. The summed E-state index contributed by atoms with van der Waals surface area (Å²) >= 11 is 0. The van der Waals surface area contributed by atoms with Gasteiger partial charge in [0.15, 0.2) is 0 Å². The van der Waals surface area contributed by atoms with Gasteiger partial charge in [-0.2, -0.15) is 4.31 Å². The first-order chi connectivity index (χ1) is 13.0. The number of amides is 1. The van der Waals surface area contributed by atoms with E-state index in [-0.39, 0.29) is 16.7 Å². The van der Waals surface area contributed by atoms with Crippen LogP contribution in [-0.4, -0.2) is 69.4 Å². The third kappa shape index (κ3) is 4.80. The lowest BCUT2D eigenvalue weighted by Gasteiger charge is -2.33. The van der Waals surface area contributed by atoms with E-state index in [1.807, 2.05) is 11.8 Å². The quantitative estimate of drug-likeness (QED) is 0.813. The van der Waals surface area contributed by atoms with Gasteiger partial charge in [-0.3, -0.25) is 4.79 Å². The van der Waals surface area contributed by atoms with Gasteiger partial charge in [0.1, 0.15) is 5.75 Å². The molecule has 3 rings (SSSR count). The average molecular weight is 396 g/mol. The Balaban J connectivity index is 1.59. The van der Waals surface area contributed by atoms with Gasteiger partial charge >= 0.3 is 0 Å². The number of carbonyl (C=O) groups excluding carboxylic acids is 1. The largest absolute Gasteiger partial charge is 0.494 e. The van der Waals surface area contributed by atoms with Crippen LogP contribution in [0.1, 0.15) is 26.2 Å². The molecule has 0 radical (unpaired) electrons. The van der Waals surface area contributed by atoms with Gasteiger partial charge in [0.2, 0.25) is 15.9 Å².